The SMILES string of the molecule is O=C(CCc1ccc(Cl)s1)N(CC(F)(F)F)c1ccccn1. The molecule has 8 heteroatoms. The quantitative estimate of drug-likeness (QED) is 0.806. The number of carbonyl (C=O) groups is 1. The van der Waals surface area contributed by atoms with Crippen LogP contribution in [-0.2, 0) is 11.2 Å². The Hall–Kier alpha value is -1.60. The highest BCUT2D eigenvalue weighted by atomic mass is 35.5. The van der Waals surface area contributed by atoms with Gasteiger partial charge in [-0.2, -0.15) is 13.2 Å². The first-order valence-corrected chi connectivity index (χ1v) is 7.57. The first kappa shape index (κ1) is 16.8. The molecule has 2 heterocycles. The minimum absolute atomic E-state index is 0.00552. The minimum atomic E-state index is -4.49. The van der Waals surface area contributed by atoms with Gasteiger partial charge in [-0.1, -0.05) is 17.7 Å². The summed E-state index contributed by atoms with van der Waals surface area (Å²) in [7, 11) is 0. The Labute approximate surface area is 134 Å². The number of thiophene rings is 1. The van der Waals surface area contributed by atoms with E-state index >= 15 is 0 Å². The van der Waals surface area contributed by atoms with Crippen molar-refractivity contribution in [2.75, 3.05) is 11.4 Å². The van der Waals surface area contributed by atoms with Crippen molar-refractivity contribution in [2.45, 2.75) is 19.0 Å². The number of carbonyl (C=O) groups excluding carboxylic acids is 1. The van der Waals surface area contributed by atoms with Crippen molar-refractivity contribution in [3.8, 4) is 0 Å². The molecule has 2 aromatic rings. The molecule has 0 fully saturated rings. The van der Waals surface area contributed by atoms with Crippen molar-refractivity contribution >= 4 is 34.7 Å². The monoisotopic (exact) mass is 348 g/mol. The van der Waals surface area contributed by atoms with Crippen molar-refractivity contribution in [3.63, 3.8) is 0 Å². The summed E-state index contributed by atoms with van der Waals surface area (Å²) in [5.41, 5.74) is 0. The summed E-state index contributed by atoms with van der Waals surface area (Å²) in [5.74, 6) is -0.630. The number of nitrogens with zero attached hydrogens (tertiary/aromatic N) is 2. The molecule has 0 aliphatic carbocycles. The number of pyridine rings is 1. The van der Waals surface area contributed by atoms with Gasteiger partial charge < -0.3 is 0 Å². The number of aryl methyl sites for hydroxylation is 1. The highest BCUT2D eigenvalue weighted by molar-refractivity contribution is 7.16. The summed E-state index contributed by atoms with van der Waals surface area (Å²) >= 11 is 7.09. The number of hydrogen-bond donors (Lipinski definition) is 0. The molecule has 0 aliphatic rings. The fourth-order valence-corrected chi connectivity index (χ4v) is 2.93. The van der Waals surface area contributed by atoms with Crippen LogP contribution in [0.4, 0.5) is 19.0 Å². The van der Waals surface area contributed by atoms with E-state index in [0.29, 0.717) is 15.7 Å². The largest absolute Gasteiger partial charge is 0.406 e. The molecule has 0 radical (unpaired) electrons. The average molecular weight is 349 g/mol. The zero-order valence-corrected chi connectivity index (χ0v) is 12.9. The number of hydrogen-bond acceptors (Lipinski definition) is 3. The van der Waals surface area contributed by atoms with Gasteiger partial charge in [-0.15, -0.1) is 11.3 Å². The molecule has 0 saturated heterocycles. The van der Waals surface area contributed by atoms with E-state index in [1.54, 1.807) is 18.2 Å². The van der Waals surface area contributed by atoms with E-state index in [0.717, 1.165) is 4.88 Å². The van der Waals surface area contributed by atoms with Gasteiger partial charge in [0, 0.05) is 17.5 Å². The fourth-order valence-electron chi connectivity index (χ4n) is 1.84. The predicted molar refractivity (Wildman–Crippen MR) is 80.3 cm³/mol. The molecule has 0 N–H and O–H groups in total. The number of anilines is 1. The molecule has 2 rings (SSSR count). The Morgan fingerprint density at radius 3 is 2.59 bits per heavy atom. The molecule has 0 spiro atoms. The Kier molecular flexibility index (Phi) is 5.42. The number of halogens is 4. The van der Waals surface area contributed by atoms with Crippen molar-refractivity contribution in [1.82, 2.24) is 4.98 Å². The number of aromatic nitrogens is 1. The Morgan fingerprint density at radius 1 is 1.27 bits per heavy atom. The molecule has 3 nitrogen and oxygen atoms in total. The molecule has 0 unspecified atom stereocenters. The van der Waals surface area contributed by atoms with E-state index in [1.807, 2.05) is 0 Å². The molecule has 0 saturated carbocycles. The van der Waals surface area contributed by atoms with Gasteiger partial charge in [-0.3, -0.25) is 9.69 Å². The molecular weight excluding hydrogens is 337 g/mol. The first-order chi connectivity index (χ1) is 10.3. The second-order valence-corrected chi connectivity index (χ2v) is 6.29. The lowest BCUT2D eigenvalue weighted by molar-refractivity contribution is -0.132. The van der Waals surface area contributed by atoms with E-state index in [9.17, 15) is 18.0 Å². The van der Waals surface area contributed by atoms with Gasteiger partial charge in [0.15, 0.2) is 0 Å². The summed E-state index contributed by atoms with van der Waals surface area (Å²) in [5, 5.41) is 0. The number of alkyl halides is 3. The molecule has 1 amide bonds. The van der Waals surface area contributed by atoms with Gasteiger partial charge >= 0.3 is 6.18 Å². The van der Waals surface area contributed by atoms with Crippen molar-refractivity contribution in [2.24, 2.45) is 0 Å². The smallest absolute Gasteiger partial charge is 0.288 e. The van der Waals surface area contributed by atoms with Crippen LogP contribution in [-0.4, -0.2) is 23.6 Å². The third-order valence-corrected chi connectivity index (χ3v) is 4.07. The van der Waals surface area contributed by atoms with E-state index < -0.39 is 18.6 Å². The van der Waals surface area contributed by atoms with E-state index in [1.165, 1.54) is 29.7 Å². The van der Waals surface area contributed by atoms with Crippen LogP contribution in [0.15, 0.2) is 36.5 Å². The van der Waals surface area contributed by atoms with E-state index in [-0.39, 0.29) is 12.2 Å². The maximum absolute atomic E-state index is 12.7. The highest BCUT2D eigenvalue weighted by Crippen LogP contribution is 2.24. The normalized spacial score (nSPS) is 11.5. The van der Waals surface area contributed by atoms with Crippen LogP contribution in [0.25, 0.3) is 0 Å². The second kappa shape index (κ2) is 7.11. The third-order valence-electron chi connectivity index (χ3n) is 2.78. The van der Waals surface area contributed by atoms with E-state index in [2.05, 4.69) is 4.98 Å². The van der Waals surface area contributed by atoms with Crippen LogP contribution in [0.5, 0.6) is 0 Å². The fraction of sp³-hybridized carbons (Fsp3) is 0.286. The predicted octanol–water partition coefficient (Wildman–Crippen LogP) is 4.32. The molecule has 0 aromatic carbocycles. The molecule has 22 heavy (non-hydrogen) atoms. The molecule has 0 bridgehead atoms. The number of amides is 1. The first-order valence-electron chi connectivity index (χ1n) is 6.37. The van der Waals surface area contributed by atoms with Crippen molar-refractivity contribution < 1.29 is 18.0 Å². The van der Waals surface area contributed by atoms with Crippen LogP contribution in [0.1, 0.15) is 11.3 Å². The third kappa shape index (κ3) is 4.99. The van der Waals surface area contributed by atoms with E-state index in [4.69, 9.17) is 11.6 Å². The van der Waals surface area contributed by atoms with Gasteiger partial charge in [-0.25, -0.2) is 4.98 Å². The van der Waals surface area contributed by atoms with Gasteiger partial charge in [-0.05, 0) is 30.7 Å². The summed E-state index contributed by atoms with van der Waals surface area (Å²) < 4.78 is 38.6. The second-order valence-electron chi connectivity index (χ2n) is 4.49. The van der Waals surface area contributed by atoms with Crippen molar-refractivity contribution in [3.05, 3.63) is 45.7 Å². The maximum atomic E-state index is 12.7. The molecule has 0 aliphatic heterocycles. The zero-order valence-electron chi connectivity index (χ0n) is 11.3. The number of rotatable bonds is 5. The summed E-state index contributed by atoms with van der Waals surface area (Å²) in [4.78, 5) is 17.5. The Balaban J connectivity index is 2.09. The standard InChI is InChI=1S/C14H12ClF3N2OS/c15-11-6-4-10(22-11)5-7-13(21)20(9-14(16,17)18)12-3-1-2-8-19-12/h1-4,6,8H,5,7,9H2. The van der Waals surface area contributed by atoms with Gasteiger partial charge in [0.1, 0.15) is 12.4 Å². The zero-order chi connectivity index (χ0) is 16.2. The summed E-state index contributed by atoms with van der Waals surface area (Å²) in [6.07, 6.45) is -2.83. The molecule has 2 aromatic heterocycles. The minimum Gasteiger partial charge on any atom is -0.288 e. The topological polar surface area (TPSA) is 33.2 Å². The lowest BCUT2D eigenvalue weighted by Crippen LogP contribution is -2.39. The lowest BCUT2D eigenvalue weighted by atomic mass is 10.2. The van der Waals surface area contributed by atoms with Crippen LogP contribution in [0.2, 0.25) is 4.34 Å². The van der Waals surface area contributed by atoms with Crippen LogP contribution in [0, 0.1) is 0 Å². The molecule has 118 valence electrons. The van der Waals surface area contributed by atoms with Crippen LogP contribution >= 0.6 is 22.9 Å². The highest BCUT2D eigenvalue weighted by Gasteiger charge is 2.34. The van der Waals surface area contributed by atoms with Crippen molar-refractivity contribution in [1.29, 1.82) is 0 Å². The van der Waals surface area contributed by atoms with Crippen LogP contribution < -0.4 is 4.90 Å². The van der Waals surface area contributed by atoms with Gasteiger partial charge in [0.05, 0.1) is 4.34 Å². The summed E-state index contributed by atoms with van der Waals surface area (Å²) in [6, 6.07) is 7.95. The Morgan fingerprint density at radius 2 is 2.05 bits per heavy atom. The van der Waals surface area contributed by atoms with Crippen LogP contribution in [0.3, 0.4) is 0 Å². The maximum Gasteiger partial charge on any atom is 0.406 e. The van der Waals surface area contributed by atoms with Gasteiger partial charge in [0.25, 0.3) is 0 Å². The Bertz CT molecular complexity index is 631. The summed E-state index contributed by atoms with van der Waals surface area (Å²) in [6.45, 7) is -1.35. The van der Waals surface area contributed by atoms with Gasteiger partial charge in [0.2, 0.25) is 5.91 Å². The lowest BCUT2D eigenvalue weighted by Gasteiger charge is -2.23. The molecule has 0 atom stereocenters. The average Bonchev–Trinajstić information content (AvgIpc) is 2.88. The molecular formula is C14H12ClF3N2OS.